The zero-order valence-corrected chi connectivity index (χ0v) is 7.02. The predicted molar refractivity (Wildman–Crippen MR) is 45.6 cm³/mol. The Labute approximate surface area is 69.8 Å². The smallest absolute Gasteiger partial charge is 0.170 e. The molecule has 0 aliphatic heterocycles. The van der Waals surface area contributed by atoms with Gasteiger partial charge in [0.1, 0.15) is 0 Å². The topological polar surface area (TPSA) is 13.1 Å². The summed E-state index contributed by atoms with van der Waals surface area (Å²) in [5, 5.41) is 0.859. The van der Waals surface area contributed by atoms with Crippen LogP contribution in [0.4, 0.5) is 4.39 Å². The van der Waals surface area contributed by atoms with Gasteiger partial charge in [-0.1, -0.05) is 12.1 Å². The molecule has 0 aliphatic carbocycles. The molecule has 12 heavy (non-hydrogen) atoms. The Morgan fingerprint density at radius 2 is 1.92 bits per heavy atom. The first-order valence-electron chi connectivity index (χ1n) is 3.83. The molecule has 0 fully saturated rings. The number of hydrogen-bond acceptors (Lipinski definition) is 1. The van der Waals surface area contributed by atoms with E-state index in [1.165, 1.54) is 0 Å². The molecular weight excluding hydrogens is 155 g/mol. The first kappa shape index (κ1) is 7.35. The van der Waals surface area contributed by atoms with E-state index in [9.17, 15) is 4.39 Å². The van der Waals surface area contributed by atoms with Crippen LogP contribution >= 0.6 is 0 Å². The number of benzene rings is 1. The van der Waals surface area contributed by atoms with Gasteiger partial charge in [-0.05, 0) is 25.0 Å². The third-order valence-corrected chi connectivity index (χ3v) is 2.07. The van der Waals surface area contributed by atoms with E-state index >= 15 is 0 Å². The van der Waals surface area contributed by atoms with E-state index in [1.807, 2.05) is 13.0 Å². The third kappa shape index (κ3) is 0.843. The summed E-state index contributed by atoms with van der Waals surface area (Å²) in [5.74, 6) is -0.249. The van der Waals surface area contributed by atoms with Gasteiger partial charge in [0.05, 0.1) is 6.26 Å². The van der Waals surface area contributed by atoms with Crippen molar-refractivity contribution in [2.24, 2.45) is 0 Å². The van der Waals surface area contributed by atoms with Crippen molar-refractivity contribution >= 4 is 11.0 Å². The second-order valence-electron chi connectivity index (χ2n) is 2.99. The zero-order chi connectivity index (χ0) is 8.72. The minimum atomic E-state index is -0.249. The second-order valence-corrected chi connectivity index (χ2v) is 2.99. The molecule has 0 spiro atoms. The standard InChI is InChI=1S/C10H9FO/c1-6-3-4-8-7(2)5-12-10(8)9(6)11/h3-5H,1-2H3. The van der Waals surface area contributed by atoms with Crippen molar-refractivity contribution in [3.8, 4) is 0 Å². The Hall–Kier alpha value is -1.31. The molecule has 0 aliphatic rings. The normalized spacial score (nSPS) is 10.9. The van der Waals surface area contributed by atoms with Crippen LogP contribution in [0, 0.1) is 19.7 Å². The fraction of sp³-hybridized carbons (Fsp3) is 0.200. The van der Waals surface area contributed by atoms with Gasteiger partial charge in [0, 0.05) is 5.39 Å². The Kier molecular flexibility index (Phi) is 1.43. The lowest BCUT2D eigenvalue weighted by Crippen LogP contribution is -1.81. The van der Waals surface area contributed by atoms with Crippen molar-refractivity contribution in [3.05, 3.63) is 35.3 Å². The maximum atomic E-state index is 13.3. The Balaban J connectivity index is 2.93. The van der Waals surface area contributed by atoms with Gasteiger partial charge >= 0.3 is 0 Å². The van der Waals surface area contributed by atoms with Crippen molar-refractivity contribution in [2.75, 3.05) is 0 Å². The molecule has 0 bridgehead atoms. The summed E-state index contributed by atoms with van der Waals surface area (Å²) >= 11 is 0. The summed E-state index contributed by atoms with van der Waals surface area (Å²) in [4.78, 5) is 0. The van der Waals surface area contributed by atoms with Crippen LogP contribution in [0.15, 0.2) is 22.8 Å². The average Bonchev–Trinajstić information content (AvgIpc) is 2.41. The molecule has 0 radical (unpaired) electrons. The molecule has 1 nitrogen and oxygen atoms in total. The van der Waals surface area contributed by atoms with Crippen LogP contribution in [0.5, 0.6) is 0 Å². The number of fused-ring (bicyclic) bond motifs is 1. The largest absolute Gasteiger partial charge is 0.461 e. The van der Waals surface area contributed by atoms with E-state index in [4.69, 9.17) is 4.42 Å². The molecule has 2 aromatic rings. The molecule has 1 heterocycles. The molecule has 0 atom stereocenters. The first-order chi connectivity index (χ1) is 5.70. The highest BCUT2D eigenvalue weighted by Crippen LogP contribution is 2.24. The SMILES string of the molecule is Cc1ccc2c(C)coc2c1F. The van der Waals surface area contributed by atoms with Crippen LogP contribution < -0.4 is 0 Å². The van der Waals surface area contributed by atoms with Gasteiger partial charge in [-0.25, -0.2) is 4.39 Å². The van der Waals surface area contributed by atoms with Gasteiger partial charge in [-0.15, -0.1) is 0 Å². The average molecular weight is 164 g/mol. The van der Waals surface area contributed by atoms with E-state index in [-0.39, 0.29) is 5.82 Å². The highest BCUT2D eigenvalue weighted by molar-refractivity contribution is 5.81. The molecule has 1 aromatic carbocycles. The molecule has 0 unspecified atom stereocenters. The lowest BCUT2D eigenvalue weighted by molar-refractivity contribution is 0.555. The maximum Gasteiger partial charge on any atom is 0.170 e. The fourth-order valence-corrected chi connectivity index (χ4v) is 1.29. The van der Waals surface area contributed by atoms with Crippen LogP contribution in [0.25, 0.3) is 11.0 Å². The lowest BCUT2D eigenvalue weighted by Gasteiger charge is -1.95. The van der Waals surface area contributed by atoms with Crippen molar-refractivity contribution in [1.29, 1.82) is 0 Å². The maximum absolute atomic E-state index is 13.3. The summed E-state index contributed by atoms with van der Waals surface area (Å²) in [6, 6.07) is 3.65. The third-order valence-electron chi connectivity index (χ3n) is 2.07. The van der Waals surface area contributed by atoms with Gasteiger partial charge in [0.2, 0.25) is 0 Å². The van der Waals surface area contributed by atoms with Crippen LogP contribution in [0.3, 0.4) is 0 Å². The van der Waals surface area contributed by atoms with E-state index in [1.54, 1.807) is 19.3 Å². The van der Waals surface area contributed by atoms with E-state index in [0.717, 1.165) is 10.9 Å². The Morgan fingerprint density at radius 3 is 2.67 bits per heavy atom. The molecule has 0 amide bonds. The number of hydrogen-bond donors (Lipinski definition) is 0. The van der Waals surface area contributed by atoms with Crippen LogP contribution in [0.1, 0.15) is 11.1 Å². The van der Waals surface area contributed by atoms with Gasteiger partial charge in [0.15, 0.2) is 11.4 Å². The molecule has 0 saturated heterocycles. The van der Waals surface area contributed by atoms with Crippen LogP contribution in [-0.2, 0) is 0 Å². The highest BCUT2D eigenvalue weighted by atomic mass is 19.1. The summed E-state index contributed by atoms with van der Waals surface area (Å²) in [6.07, 6.45) is 1.58. The highest BCUT2D eigenvalue weighted by Gasteiger charge is 2.08. The summed E-state index contributed by atoms with van der Waals surface area (Å²) in [5.41, 5.74) is 1.97. The van der Waals surface area contributed by atoms with Crippen molar-refractivity contribution in [2.45, 2.75) is 13.8 Å². The molecule has 62 valence electrons. The van der Waals surface area contributed by atoms with Crippen LogP contribution in [0.2, 0.25) is 0 Å². The van der Waals surface area contributed by atoms with Crippen molar-refractivity contribution in [1.82, 2.24) is 0 Å². The molecular formula is C10H9FO. The van der Waals surface area contributed by atoms with Crippen molar-refractivity contribution in [3.63, 3.8) is 0 Å². The molecule has 0 saturated carbocycles. The van der Waals surface area contributed by atoms with Gasteiger partial charge < -0.3 is 4.42 Å². The minimum Gasteiger partial charge on any atom is -0.461 e. The molecule has 1 aromatic heterocycles. The zero-order valence-electron chi connectivity index (χ0n) is 7.02. The van der Waals surface area contributed by atoms with Crippen molar-refractivity contribution < 1.29 is 8.81 Å². The van der Waals surface area contributed by atoms with Crippen LogP contribution in [-0.4, -0.2) is 0 Å². The molecule has 2 heteroatoms. The first-order valence-corrected chi connectivity index (χ1v) is 3.83. The summed E-state index contributed by atoms with van der Waals surface area (Å²) < 4.78 is 18.4. The van der Waals surface area contributed by atoms with E-state index in [0.29, 0.717) is 11.1 Å². The number of aryl methyl sites for hydroxylation is 2. The monoisotopic (exact) mass is 164 g/mol. The number of furan rings is 1. The molecule has 2 rings (SSSR count). The second kappa shape index (κ2) is 2.34. The predicted octanol–water partition coefficient (Wildman–Crippen LogP) is 3.19. The van der Waals surface area contributed by atoms with Gasteiger partial charge in [-0.2, -0.15) is 0 Å². The minimum absolute atomic E-state index is 0.249. The van der Waals surface area contributed by atoms with Gasteiger partial charge in [0.25, 0.3) is 0 Å². The number of rotatable bonds is 0. The fourth-order valence-electron chi connectivity index (χ4n) is 1.29. The Bertz CT molecular complexity index is 429. The summed E-state index contributed by atoms with van der Waals surface area (Å²) in [6.45, 7) is 3.63. The quantitative estimate of drug-likeness (QED) is 0.582. The van der Waals surface area contributed by atoms with Gasteiger partial charge in [-0.3, -0.25) is 0 Å². The Morgan fingerprint density at radius 1 is 1.17 bits per heavy atom. The van der Waals surface area contributed by atoms with E-state index < -0.39 is 0 Å². The lowest BCUT2D eigenvalue weighted by atomic mass is 10.1. The van der Waals surface area contributed by atoms with E-state index in [2.05, 4.69) is 0 Å². The summed E-state index contributed by atoms with van der Waals surface area (Å²) in [7, 11) is 0. The molecule has 0 N–H and O–H groups in total. The number of halogens is 1.